The van der Waals surface area contributed by atoms with Gasteiger partial charge in [0.05, 0.1) is 44.2 Å². The van der Waals surface area contributed by atoms with Gasteiger partial charge in [-0.25, -0.2) is 0 Å². The van der Waals surface area contributed by atoms with Crippen molar-refractivity contribution in [1.29, 1.82) is 0 Å². The summed E-state index contributed by atoms with van der Waals surface area (Å²) in [5.74, 6) is 0.547. The zero-order chi connectivity index (χ0) is 45.5. The van der Waals surface area contributed by atoms with E-state index in [4.69, 9.17) is 37.9 Å². The maximum Gasteiger partial charge on any atom is 0.187 e. The van der Waals surface area contributed by atoms with E-state index in [-0.39, 0.29) is 53.8 Å². The molecule has 18 heteroatoms. The molecular weight excluding hydrogens is 828 g/mol. The lowest BCUT2D eigenvalue weighted by molar-refractivity contribution is -0.366. The van der Waals surface area contributed by atoms with Gasteiger partial charge in [0, 0.05) is 25.9 Å². The summed E-state index contributed by atoms with van der Waals surface area (Å²) in [5.41, 5.74) is 0.284. The van der Waals surface area contributed by atoms with Crippen molar-refractivity contribution in [2.75, 3.05) is 26.9 Å². The lowest BCUT2D eigenvalue weighted by Crippen LogP contribution is -2.64. The Balaban J connectivity index is 0.943. The van der Waals surface area contributed by atoms with Crippen LogP contribution in [0.4, 0.5) is 0 Å². The van der Waals surface area contributed by atoms with Crippen LogP contribution in [-0.4, -0.2) is 188 Å². The molecule has 4 heterocycles. The molecular formula is C45H74O18. The van der Waals surface area contributed by atoms with Crippen molar-refractivity contribution >= 4 is 0 Å². The predicted molar refractivity (Wildman–Crippen MR) is 218 cm³/mol. The molecule has 18 nitrogen and oxygen atoms in total. The first kappa shape index (κ1) is 48.5. The number of hydrogen-bond donors (Lipinski definition) is 10. The smallest absolute Gasteiger partial charge is 0.187 e. The molecule has 0 aromatic carbocycles. The molecule has 8 rings (SSSR count). The summed E-state index contributed by atoms with van der Waals surface area (Å²) in [5, 5.41) is 105. The van der Waals surface area contributed by atoms with Gasteiger partial charge in [-0.1, -0.05) is 32.9 Å². The molecule has 4 aliphatic heterocycles. The molecule has 0 spiro atoms. The third-order valence-electron chi connectivity index (χ3n) is 17.7. The molecule has 8 fully saturated rings. The number of aliphatic hydroxyl groups excluding tert-OH is 10. The number of aliphatic hydroxyl groups is 10. The number of fused-ring (bicyclic) bond motifs is 7. The molecule has 0 radical (unpaired) electrons. The van der Waals surface area contributed by atoms with E-state index >= 15 is 0 Å². The Morgan fingerprint density at radius 3 is 2.19 bits per heavy atom. The van der Waals surface area contributed by atoms with Crippen LogP contribution in [0.5, 0.6) is 0 Å². The van der Waals surface area contributed by atoms with Gasteiger partial charge in [-0.15, -0.1) is 0 Å². The second kappa shape index (κ2) is 18.5. The van der Waals surface area contributed by atoms with Gasteiger partial charge in [0.25, 0.3) is 0 Å². The van der Waals surface area contributed by atoms with Gasteiger partial charge in [0.1, 0.15) is 61.0 Å². The van der Waals surface area contributed by atoms with E-state index in [1.54, 1.807) is 7.11 Å². The van der Waals surface area contributed by atoms with Crippen molar-refractivity contribution in [3.63, 3.8) is 0 Å². The quantitative estimate of drug-likeness (QED) is 0.110. The summed E-state index contributed by atoms with van der Waals surface area (Å²) >= 11 is 0. The minimum atomic E-state index is -1.64. The minimum absolute atomic E-state index is 0.0175. The average Bonchev–Trinajstić information content (AvgIpc) is 3.72. The lowest BCUT2D eigenvalue weighted by Gasteiger charge is -2.63. The largest absolute Gasteiger partial charge is 0.394 e. The van der Waals surface area contributed by atoms with Crippen LogP contribution in [-0.2, 0) is 37.9 Å². The molecule has 0 amide bonds. The van der Waals surface area contributed by atoms with Crippen molar-refractivity contribution in [2.45, 2.75) is 196 Å². The van der Waals surface area contributed by atoms with Crippen LogP contribution in [0.2, 0.25) is 0 Å². The zero-order valence-electron chi connectivity index (χ0n) is 37.2. The highest BCUT2D eigenvalue weighted by molar-refractivity contribution is 5.17. The van der Waals surface area contributed by atoms with Crippen LogP contribution in [0.3, 0.4) is 0 Å². The summed E-state index contributed by atoms with van der Waals surface area (Å²) in [6.45, 7) is 11.9. The fourth-order valence-corrected chi connectivity index (χ4v) is 14.1. The molecule has 362 valence electrons. The van der Waals surface area contributed by atoms with Gasteiger partial charge in [-0.2, -0.15) is 0 Å². The molecule has 0 aromatic heterocycles. The highest BCUT2D eigenvalue weighted by atomic mass is 16.8. The van der Waals surface area contributed by atoms with Crippen molar-refractivity contribution < 1.29 is 89.0 Å². The highest BCUT2D eigenvalue weighted by Crippen LogP contribution is 2.71. The van der Waals surface area contributed by atoms with Gasteiger partial charge in [-0.3, -0.25) is 0 Å². The Morgan fingerprint density at radius 2 is 1.48 bits per heavy atom. The first-order chi connectivity index (χ1) is 29.8. The number of hydrogen-bond acceptors (Lipinski definition) is 18. The first-order valence-corrected chi connectivity index (χ1v) is 23.3. The molecule has 0 aromatic rings. The van der Waals surface area contributed by atoms with Crippen molar-refractivity contribution in [1.82, 2.24) is 0 Å². The van der Waals surface area contributed by atoms with E-state index in [1.165, 1.54) is 6.92 Å². The fraction of sp³-hybridized carbons (Fsp3) is 0.956. The molecule has 10 N–H and O–H groups in total. The second-order valence-corrected chi connectivity index (χ2v) is 20.8. The van der Waals surface area contributed by atoms with Gasteiger partial charge >= 0.3 is 0 Å². The molecule has 4 saturated carbocycles. The Kier molecular flexibility index (Phi) is 14.2. The van der Waals surface area contributed by atoms with Crippen LogP contribution < -0.4 is 0 Å². The maximum atomic E-state index is 11.3. The summed E-state index contributed by atoms with van der Waals surface area (Å²) in [6, 6.07) is 0. The van der Waals surface area contributed by atoms with E-state index < -0.39 is 111 Å². The average molecular weight is 903 g/mol. The standard InChI is InChI=1S/C45H74O18/c1-19(17-57-40-37(54)36(53)34(51)29(16-46)60-40)9-12-45(56-6)20(2)31-28(63-45)15-26-24-8-7-22-13-23(47)14-30(44(22,5)25(24)10-11-43(26,31)4)61-42-39(33(50)27(48)18-58-42)62-41-38(55)35(52)32(49)21(3)59-41/h20-42,46-55H,1,7-18H2,2-6H3. The van der Waals surface area contributed by atoms with Crippen LogP contribution in [0.25, 0.3) is 0 Å². The second-order valence-electron chi connectivity index (χ2n) is 20.8. The van der Waals surface area contributed by atoms with E-state index in [2.05, 4.69) is 27.4 Å². The van der Waals surface area contributed by atoms with Crippen molar-refractivity contribution in [2.24, 2.45) is 46.3 Å². The van der Waals surface area contributed by atoms with Gasteiger partial charge in [0.15, 0.2) is 24.7 Å². The van der Waals surface area contributed by atoms with Crippen molar-refractivity contribution in [3.8, 4) is 0 Å². The van der Waals surface area contributed by atoms with Crippen LogP contribution in [0.1, 0.15) is 85.5 Å². The molecule has 0 bridgehead atoms. The van der Waals surface area contributed by atoms with Crippen molar-refractivity contribution in [3.05, 3.63) is 12.2 Å². The SMILES string of the molecule is C=C(CCC1(OC)OC2CC3C4CCC5CC(O)CC(OC6OCC(O)C(O)C6OC6OC(C)C(O)C(O)C6O)C5(C)C4CCC3(C)C2C1C)COC1OC(CO)C(O)C(O)C1O. The van der Waals surface area contributed by atoms with Gasteiger partial charge in [0.2, 0.25) is 0 Å². The number of rotatable bonds is 12. The molecule has 8 aliphatic rings. The number of ether oxygens (including phenoxy) is 8. The van der Waals surface area contributed by atoms with Crippen LogP contribution in [0, 0.1) is 46.3 Å². The normalized spacial score (nSPS) is 55.7. The Bertz CT molecular complexity index is 1590. The Labute approximate surface area is 369 Å². The van der Waals surface area contributed by atoms with Crippen LogP contribution in [0.15, 0.2) is 12.2 Å². The molecule has 4 saturated heterocycles. The van der Waals surface area contributed by atoms with Crippen LogP contribution >= 0.6 is 0 Å². The fourth-order valence-electron chi connectivity index (χ4n) is 14.1. The van der Waals surface area contributed by atoms with E-state index in [1.807, 2.05) is 0 Å². The topological polar surface area (TPSA) is 276 Å². The predicted octanol–water partition coefficient (Wildman–Crippen LogP) is -0.567. The molecule has 63 heavy (non-hydrogen) atoms. The highest BCUT2D eigenvalue weighted by Gasteiger charge is 2.70. The third-order valence-corrected chi connectivity index (χ3v) is 17.7. The summed E-state index contributed by atoms with van der Waals surface area (Å²) in [6.07, 6.45) is -13.5. The first-order valence-electron chi connectivity index (χ1n) is 23.3. The van der Waals surface area contributed by atoms with Gasteiger partial charge in [-0.05, 0) is 92.3 Å². The zero-order valence-corrected chi connectivity index (χ0v) is 37.2. The third kappa shape index (κ3) is 8.30. The Hall–Kier alpha value is -0.980. The summed E-state index contributed by atoms with van der Waals surface area (Å²) in [7, 11) is 1.69. The maximum absolute atomic E-state index is 11.3. The molecule has 4 aliphatic carbocycles. The molecule has 26 unspecified atom stereocenters. The van der Waals surface area contributed by atoms with Gasteiger partial charge < -0.3 is 89.0 Å². The number of methoxy groups -OCH3 is 1. The monoisotopic (exact) mass is 902 g/mol. The molecule has 26 atom stereocenters. The summed E-state index contributed by atoms with van der Waals surface area (Å²) < 4.78 is 49.2. The minimum Gasteiger partial charge on any atom is -0.394 e. The Morgan fingerprint density at radius 1 is 0.762 bits per heavy atom. The van der Waals surface area contributed by atoms with E-state index in [9.17, 15) is 51.1 Å². The summed E-state index contributed by atoms with van der Waals surface area (Å²) in [4.78, 5) is 0. The lowest BCUT2D eigenvalue weighted by atomic mass is 9.43. The van der Waals surface area contributed by atoms with E-state index in [0.717, 1.165) is 32.1 Å². The van der Waals surface area contributed by atoms with E-state index in [0.29, 0.717) is 43.1 Å².